The first-order valence-electron chi connectivity index (χ1n) is 9.19. The fourth-order valence-electron chi connectivity index (χ4n) is 4.01. The molecule has 3 aromatic carbocycles. The van der Waals surface area contributed by atoms with Gasteiger partial charge in [-0.1, -0.05) is 66.2 Å². The molecule has 0 N–H and O–H groups in total. The minimum atomic E-state index is 0.0784. The molecule has 2 heteroatoms. The molecule has 0 saturated heterocycles. The summed E-state index contributed by atoms with van der Waals surface area (Å²) in [6, 6.07) is 26.8. The van der Waals surface area contributed by atoms with Crippen molar-refractivity contribution in [3.63, 3.8) is 0 Å². The molecule has 0 spiro atoms. The number of aryl methyl sites for hydroxylation is 1. The van der Waals surface area contributed by atoms with Gasteiger partial charge in [-0.3, -0.25) is 4.79 Å². The van der Waals surface area contributed by atoms with Gasteiger partial charge < -0.3 is 4.90 Å². The zero-order valence-electron chi connectivity index (χ0n) is 15.2. The van der Waals surface area contributed by atoms with Crippen LogP contribution in [0.2, 0.25) is 0 Å². The zero-order chi connectivity index (χ0) is 18.1. The number of carbonyl (C=O) groups is 1. The van der Waals surface area contributed by atoms with Gasteiger partial charge in [0.25, 0.3) is 5.91 Å². The second-order valence-electron chi connectivity index (χ2n) is 7.15. The highest BCUT2D eigenvalue weighted by Crippen LogP contribution is 2.43. The van der Waals surface area contributed by atoms with Crippen LogP contribution in [-0.2, 0) is 0 Å². The van der Waals surface area contributed by atoms with E-state index in [1.165, 1.54) is 16.7 Å². The van der Waals surface area contributed by atoms with E-state index in [2.05, 4.69) is 62.4 Å². The first-order valence-corrected chi connectivity index (χ1v) is 9.19. The number of fused-ring (bicyclic) bond motifs is 1. The van der Waals surface area contributed by atoms with Crippen LogP contribution in [0.1, 0.15) is 46.3 Å². The summed E-state index contributed by atoms with van der Waals surface area (Å²) in [5.74, 6) is 0.399. The average molecular weight is 341 g/mol. The number of amides is 1. The van der Waals surface area contributed by atoms with Gasteiger partial charge in [-0.05, 0) is 49.6 Å². The number of benzene rings is 3. The standard InChI is InChI=1S/C24H23NO/c1-17-13-14-23-22(15-17)21(19-9-5-3-6-10-19)16-18(2)25(23)24(26)20-11-7-4-8-12-20/h3-15,18,21H,16H2,1-2H3. The maximum Gasteiger partial charge on any atom is 0.258 e. The predicted molar refractivity (Wildman–Crippen MR) is 107 cm³/mol. The van der Waals surface area contributed by atoms with E-state index in [0.717, 1.165) is 17.7 Å². The molecule has 1 heterocycles. The van der Waals surface area contributed by atoms with Gasteiger partial charge in [0, 0.05) is 23.2 Å². The first-order chi connectivity index (χ1) is 12.6. The van der Waals surface area contributed by atoms with Crippen molar-refractivity contribution in [2.24, 2.45) is 0 Å². The van der Waals surface area contributed by atoms with Crippen molar-refractivity contribution in [3.8, 4) is 0 Å². The molecule has 1 amide bonds. The van der Waals surface area contributed by atoms with Crippen molar-refractivity contribution >= 4 is 11.6 Å². The van der Waals surface area contributed by atoms with E-state index < -0.39 is 0 Å². The van der Waals surface area contributed by atoms with Crippen molar-refractivity contribution in [2.75, 3.05) is 4.90 Å². The summed E-state index contributed by atoms with van der Waals surface area (Å²) in [6.07, 6.45) is 0.930. The van der Waals surface area contributed by atoms with E-state index in [1.54, 1.807) is 0 Å². The minimum absolute atomic E-state index is 0.0784. The van der Waals surface area contributed by atoms with Crippen LogP contribution in [0, 0.1) is 6.92 Å². The Labute approximate surface area is 155 Å². The maximum absolute atomic E-state index is 13.2. The van der Waals surface area contributed by atoms with Crippen LogP contribution >= 0.6 is 0 Å². The highest BCUT2D eigenvalue weighted by Gasteiger charge is 2.34. The fraction of sp³-hybridized carbons (Fsp3) is 0.208. The highest BCUT2D eigenvalue weighted by atomic mass is 16.2. The smallest absolute Gasteiger partial charge is 0.258 e. The van der Waals surface area contributed by atoms with Gasteiger partial charge in [0.05, 0.1) is 0 Å². The van der Waals surface area contributed by atoms with Gasteiger partial charge in [0.2, 0.25) is 0 Å². The van der Waals surface area contributed by atoms with Crippen molar-refractivity contribution in [1.82, 2.24) is 0 Å². The van der Waals surface area contributed by atoms with Crippen LogP contribution in [0.25, 0.3) is 0 Å². The molecule has 0 saturated carbocycles. The minimum Gasteiger partial charge on any atom is -0.305 e. The Morgan fingerprint density at radius 3 is 2.27 bits per heavy atom. The lowest BCUT2D eigenvalue weighted by molar-refractivity contribution is 0.0974. The summed E-state index contributed by atoms with van der Waals surface area (Å²) in [6.45, 7) is 4.27. The molecule has 0 aliphatic carbocycles. The van der Waals surface area contributed by atoms with E-state index in [-0.39, 0.29) is 11.9 Å². The number of hydrogen-bond donors (Lipinski definition) is 0. The molecule has 130 valence electrons. The molecule has 3 aromatic rings. The second kappa shape index (κ2) is 6.80. The lowest BCUT2D eigenvalue weighted by Gasteiger charge is -2.40. The van der Waals surface area contributed by atoms with Gasteiger partial charge in [-0.15, -0.1) is 0 Å². The quantitative estimate of drug-likeness (QED) is 0.597. The first kappa shape index (κ1) is 16.6. The molecule has 1 aliphatic heterocycles. The van der Waals surface area contributed by atoms with E-state index in [9.17, 15) is 4.79 Å². The second-order valence-corrected chi connectivity index (χ2v) is 7.15. The SMILES string of the molecule is Cc1ccc2c(c1)C(c1ccccc1)CC(C)N2C(=O)c1ccccc1. The molecule has 2 atom stereocenters. The molecular weight excluding hydrogens is 318 g/mol. The van der Waals surface area contributed by atoms with Crippen LogP contribution < -0.4 is 4.90 Å². The van der Waals surface area contributed by atoms with E-state index in [0.29, 0.717) is 5.92 Å². The Kier molecular flexibility index (Phi) is 4.34. The molecule has 0 fully saturated rings. The van der Waals surface area contributed by atoms with Gasteiger partial charge in [0.1, 0.15) is 0 Å². The van der Waals surface area contributed by atoms with E-state index in [4.69, 9.17) is 0 Å². The van der Waals surface area contributed by atoms with Gasteiger partial charge >= 0.3 is 0 Å². The average Bonchev–Trinajstić information content (AvgIpc) is 2.68. The van der Waals surface area contributed by atoms with Crippen LogP contribution in [-0.4, -0.2) is 11.9 Å². The number of rotatable bonds is 2. The van der Waals surface area contributed by atoms with Crippen LogP contribution in [0.3, 0.4) is 0 Å². The third-order valence-electron chi connectivity index (χ3n) is 5.28. The lowest BCUT2D eigenvalue weighted by Crippen LogP contribution is -2.43. The summed E-state index contributed by atoms with van der Waals surface area (Å²) in [4.78, 5) is 15.2. The summed E-state index contributed by atoms with van der Waals surface area (Å²) in [7, 11) is 0. The van der Waals surface area contributed by atoms with Crippen LogP contribution in [0.4, 0.5) is 5.69 Å². The van der Waals surface area contributed by atoms with Gasteiger partial charge in [0.15, 0.2) is 0 Å². The summed E-state index contributed by atoms with van der Waals surface area (Å²) >= 11 is 0. The van der Waals surface area contributed by atoms with Crippen molar-refractivity contribution in [2.45, 2.75) is 32.2 Å². The van der Waals surface area contributed by atoms with E-state index in [1.807, 2.05) is 35.2 Å². The van der Waals surface area contributed by atoms with E-state index >= 15 is 0 Å². The molecule has 0 aromatic heterocycles. The third-order valence-corrected chi connectivity index (χ3v) is 5.28. The van der Waals surface area contributed by atoms with Gasteiger partial charge in [-0.2, -0.15) is 0 Å². The van der Waals surface area contributed by atoms with Crippen molar-refractivity contribution < 1.29 is 4.79 Å². The Hall–Kier alpha value is -2.87. The molecule has 0 radical (unpaired) electrons. The fourth-order valence-corrected chi connectivity index (χ4v) is 4.01. The lowest BCUT2D eigenvalue weighted by atomic mass is 9.80. The Balaban J connectivity index is 1.82. The summed E-state index contributed by atoms with van der Waals surface area (Å²) < 4.78 is 0. The Morgan fingerprint density at radius 1 is 0.923 bits per heavy atom. The number of carbonyl (C=O) groups excluding carboxylic acids is 1. The zero-order valence-corrected chi connectivity index (χ0v) is 15.2. The number of nitrogens with zero attached hydrogens (tertiary/aromatic N) is 1. The number of anilines is 1. The molecule has 0 bridgehead atoms. The summed E-state index contributed by atoms with van der Waals surface area (Å²) in [5, 5.41) is 0. The van der Waals surface area contributed by atoms with Gasteiger partial charge in [-0.25, -0.2) is 0 Å². The molecule has 26 heavy (non-hydrogen) atoms. The highest BCUT2D eigenvalue weighted by molar-refractivity contribution is 6.07. The van der Waals surface area contributed by atoms with Crippen LogP contribution in [0.15, 0.2) is 78.9 Å². The Morgan fingerprint density at radius 2 is 1.58 bits per heavy atom. The molecule has 2 nitrogen and oxygen atoms in total. The number of hydrogen-bond acceptors (Lipinski definition) is 1. The summed E-state index contributed by atoms with van der Waals surface area (Å²) in [5.41, 5.74) is 5.57. The molecule has 1 aliphatic rings. The maximum atomic E-state index is 13.2. The topological polar surface area (TPSA) is 20.3 Å². The van der Waals surface area contributed by atoms with Crippen molar-refractivity contribution in [1.29, 1.82) is 0 Å². The monoisotopic (exact) mass is 341 g/mol. The van der Waals surface area contributed by atoms with Crippen LogP contribution in [0.5, 0.6) is 0 Å². The Bertz CT molecular complexity index is 917. The molecular formula is C24H23NO. The molecule has 2 unspecified atom stereocenters. The largest absolute Gasteiger partial charge is 0.305 e. The third kappa shape index (κ3) is 2.92. The normalized spacial score (nSPS) is 19.1. The van der Waals surface area contributed by atoms with Crippen molar-refractivity contribution in [3.05, 3.63) is 101 Å². The molecule has 4 rings (SSSR count). The predicted octanol–water partition coefficient (Wildman–Crippen LogP) is 5.57.